The van der Waals surface area contributed by atoms with Gasteiger partial charge in [0, 0.05) is 36.4 Å². The maximum Gasteiger partial charge on any atom is 0.416 e. The molecule has 1 aliphatic rings. The van der Waals surface area contributed by atoms with Crippen LogP contribution in [0, 0.1) is 6.92 Å². The zero-order chi connectivity index (χ0) is 22.3. The van der Waals surface area contributed by atoms with E-state index >= 15 is 0 Å². The Hall–Kier alpha value is -2.35. The summed E-state index contributed by atoms with van der Waals surface area (Å²) in [6, 6.07) is 4.98. The van der Waals surface area contributed by atoms with Crippen molar-refractivity contribution >= 4 is 5.91 Å². The van der Waals surface area contributed by atoms with Crippen molar-refractivity contribution < 1.29 is 22.7 Å². The number of benzene rings is 1. The Balaban J connectivity index is 2.08. The third-order valence-corrected chi connectivity index (χ3v) is 5.42. The lowest BCUT2D eigenvalue weighted by atomic mass is 9.92. The second-order valence-corrected chi connectivity index (χ2v) is 8.82. The molecule has 30 heavy (non-hydrogen) atoms. The molecule has 164 valence electrons. The largest absolute Gasteiger partial charge is 0.416 e. The first-order valence-electron chi connectivity index (χ1n) is 10.0. The van der Waals surface area contributed by atoms with Gasteiger partial charge in [0.15, 0.2) is 5.49 Å². The molecule has 0 spiro atoms. The molecule has 1 atom stereocenters. The van der Waals surface area contributed by atoms with Crippen LogP contribution in [0.2, 0.25) is 0 Å². The third kappa shape index (κ3) is 4.69. The zero-order valence-corrected chi connectivity index (χ0v) is 18.0. The quantitative estimate of drug-likeness (QED) is 0.736. The predicted octanol–water partition coefficient (Wildman–Crippen LogP) is 4.37. The van der Waals surface area contributed by atoms with Gasteiger partial charge in [-0.05, 0) is 37.5 Å². The average molecular weight is 423 g/mol. The summed E-state index contributed by atoms with van der Waals surface area (Å²) in [5.74, 6) is -0.689. The lowest BCUT2D eigenvalue weighted by Crippen LogP contribution is -2.30. The van der Waals surface area contributed by atoms with E-state index in [4.69, 9.17) is 4.74 Å². The number of hydrogen-bond acceptors (Lipinski definition) is 2. The van der Waals surface area contributed by atoms with Gasteiger partial charge in [0.25, 0.3) is 5.91 Å². The van der Waals surface area contributed by atoms with E-state index in [1.807, 2.05) is 22.5 Å². The van der Waals surface area contributed by atoms with E-state index in [1.54, 1.807) is 6.92 Å². The van der Waals surface area contributed by atoms with Gasteiger partial charge in [-0.25, -0.2) is 0 Å². The Bertz CT molecular complexity index is 1000. The molecule has 0 saturated carbocycles. The zero-order valence-electron chi connectivity index (χ0n) is 18.0. The fourth-order valence-corrected chi connectivity index (χ4v) is 3.76. The molecular formula is C22H28F3N3O2. The van der Waals surface area contributed by atoms with Crippen molar-refractivity contribution in [3.63, 3.8) is 0 Å². The van der Waals surface area contributed by atoms with E-state index in [0.717, 1.165) is 30.7 Å². The van der Waals surface area contributed by atoms with Crippen LogP contribution in [0.4, 0.5) is 13.2 Å². The molecule has 0 N–H and O–H groups in total. The van der Waals surface area contributed by atoms with E-state index < -0.39 is 17.6 Å². The normalized spacial score (nSPS) is 18.3. The van der Waals surface area contributed by atoms with Gasteiger partial charge in [-0.1, -0.05) is 26.8 Å². The van der Waals surface area contributed by atoms with Crippen LogP contribution in [0.25, 0.3) is 0 Å². The topological polar surface area (TPSA) is 48.5 Å². The lowest BCUT2D eigenvalue weighted by molar-refractivity contribution is -0.137. The molecular weight excluding hydrogens is 395 g/mol. The molecule has 8 heteroatoms. The molecule has 1 aliphatic heterocycles. The van der Waals surface area contributed by atoms with E-state index in [-0.39, 0.29) is 17.1 Å². The van der Waals surface area contributed by atoms with Crippen LogP contribution in [0.5, 0.6) is 0 Å². The van der Waals surface area contributed by atoms with Crippen molar-refractivity contribution in [2.45, 2.75) is 64.8 Å². The molecule has 1 saturated heterocycles. The lowest BCUT2D eigenvalue weighted by Gasteiger charge is -2.21. The molecule has 1 aromatic carbocycles. The van der Waals surface area contributed by atoms with Crippen LogP contribution in [0.1, 0.15) is 60.8 Å². The summed E-state index contributed by atoms with van der Waals surface area (Å²) in [6.07, 6.45) is -2.59. The van der Waals surface area contributed by atoms with Crippen LogP contribution < -0.4 is 5.49 Å². The summed E-state index contributed by atoms with van der Waals surface area (Å²) in [5, 5.41) is 0. The second kappa shape index (κ2) is 8.06. The number of amides is 1. The maximum absolute atomic E-state index is 13.1. The van der Waals surface area contributed by atoms with E-state index in [9.17, 15) is 18.0 Å². The molecule has 0 aliphatic carbocycles. The highest BCUT2D eigenvalue weighted by Gasteiger charge is 2.31. The van der Waals surface area contributed by atoms with Gasteiger partial charge in [0.05, 0.1) is 18.2 Å². The van der Waals surface area contributed by atoms with Crippen LogP contribution in [-0.4, -0.2) is 28.0 Å². The summed E-state index contributed by atoms with van der Waals surface area (Å²) < 4.78 is 48.9. The monoisotopic (exact) mass is 423 g/mol. The van der Waals surface area contributed by atoms with Crippen molar-refractivity contribution in [2.75, 3.05) is 6.61 Å². The van der Waals surface area contributed by atoms with E-state index in [0.29, 0.717) is 24.2 Å². The first kappa shape index (κ1) is 22.3. The molecule has 0 unspecified atom stereocenters. The summed E-state index contributed by atoms with van der Waals surface area (Å²) >= 11 is 0. The minimum Gasteiger partial charge on any atom is -0.376 e. The highest BCUT2D eigenvalue weighted by molar-refractivity contribution is 5.96. The number of aromatic nitrogens is 2. The molecule has 1 fully saturated rings. The minimum atomic E-state index is -4.52. The number of carbonyl (C=O) groups is 1. The van der Waals surface area contributed by atoms with Crippen molar-refractivity contribution in [3.8, 4) is 0 Å². The molecule has 2 heterocycles. The average Bonchev–Trinajstić information content (AvgIpc) is 3.24. The molecule has 0 radical (unpaired) electrons. The number of aryl methyl sites for hydroxylation is 1. The SMILES string of the molecule is Cc1ccc(C(F)(F)F)cc1C(=O)N=c1cc(C(C)(C)C)n(C)n1C[C@H]1CCCO1. The van der Waals surface area contributed by atoms with Crippen LogP contribution in [0.15, 0.2) is 29.3 Å². The van der Waals surface area contributed by atoms with Gasteiger partial charge in [0.1, 0.15) is 0 Å². The smallest absolute Gasteiger partial charge is 0.376 e. The van der Waals surface area contributed by atoms with Crippen LogP contribution in [-0.2, 0) is 29.9 Å². The summed E-state index contributed by atoms with van der Waals surface area (Å²) in [5.41, 5.74) is 0.731. The van der Waals surface area contributed by atoms with Crippen molar-refractivity contribution in [1.82, 2.24) is 9.36 Å². The fourth-order valence-electron chi connectivity index (χ4n) is 3.76. The number of ether oxygens (including phenoxy) is 1. The van der Waals surface area contributed by atoms with Gasteiger partial charge < -0.3 is 4.74 Å². The van der Waals surface area contributed by atoms with Crippen molar-refractivity contribution in [1.29, 1.82) is 0 Å². The van der Waals surface area contributed by atoms with Crippen LogP contribution in [0.3, 0.4) is 0 Å². The van der Waals surface area contributed by atoms with Crippen LogP contribution >= 0.6 is 0 Å². The second-order valence-electron chi connectivity index (χ2n) is 8.82. The molecule has 1 amide bonds. The number of halogens is 3. The molecule has 1 aromatic heterocycles. The number of hydrogen-bond donors (Lipinski definition) is 0. The Labute approximate surface area is 174 Å². The Morgan fingerprint density at radius 1 is 1.23 bits per heavy atom. The Morgan fingerprint density at radius 3 is 2.50 bits per heavy atom. The summed E-state index contributed by atoms with van der Waals surface area (Å²) in [4.78, 5) is 17.1. The van der Waals surface area contributed by atoms with Gasteiger partial charge >= 0.3 is 6.18 Å². The fraction of sp³-hybridized carbons (Fsp3) is 0.545. The van der Waals surface area contributed by atoms with E-state index in [1.165, 1.54) is 6.07 Å². The number of nitrogens with zero attached hydrogens (tertiary/aromatic N) is 3. The highest BCUT2D eigenvalue weighted by Crippen LogP contribution is 2.30. The molecule has 3 rings (SSSR count). The summed E-state index contributed by atoms with van der Waals surface area (Å²) in [6.45, 7) is 9.01. The number of rotatable bonds is 3. The Kier molecular flexibility index (Phi) is 6.00. The molecule has 2 aromatic rings. The standard InChI is InChI=1S/C22H28F3N3O2/c1-14-8-9-15(22(23,24)25)11-17(14)20(29)26-19-12-18(21(2,3)4)27(5)28(19)13-16-7-6-10-30-16/h8-9,11-12,16H,6-7,10,13H2,1-5H3/t16-/m1/s1. The number of carbonyl (C=O) groups excluding carboxylic acids is 1. The first-order valence-corrected chi connectivity index (χ1v) is 10.0. The maximum atomic E-state index is 13.1. The molecule has 0 bridgehead atoms. The first-order chi connectivity index (χ1) is 13.9. The van der Waals surface area contributed by atoms with Crippen molar-refractivity contribution in [2.24, 2.45) is 12.0 Å². The van der Waals surface area contributed by atoms with E-state index in [2.05, 4.69) is 25.8 Å². The van der Waals surface area contributed by atoms with Gasteiger partial charge in [-0.15, -0.1) is 0 Å². The summed E-state index contributed by atoms with van der Waals surface area (Å²) in [7, 11) is 1.90. The van der Waals surface area contributed by atoms with Crippen molar-refractivity contribution in [3.05, 3.63) is 52.1 Å². The molecule has 5 nitrogen and oxygen atoms in total. The Morgan fingerprint density at radius 2 is 1.93 bits per heavy atom. The van der Waals surface area contributed by atoms with Gasteiger partial charge in [-0.3, -0.25) is 14.2 Å². The third-order valence-electron chi connectivity index (χ3n) is 5.42. The predicted molar refractivity (Wildman–Crippen MR) is 107 cm³/mol. The number of alkyl halides is 3. The minimum absolute atomic E-state index is 0.0239. The van der Waals surface area contributed by atoms with Gasteiger partial charge in [0.2, 0.25) is 0 Å². The van der Waals surface area contributed by atoms with Gasteiger partial charge in [-0.2, -0.15) is 18.2 Å². The highest BCUT2D eigenvalue weighted by atomic mass is 19.4.